The molecule has 180 valence electrons. The van der Waals surface area contributed by atoms with Crippen LogP contribution in [0.2, 0.25) is 0 Å². The van der Waals surface area contributed by atoms with E-state index in [1.807, 2.05) is 30.5 Å². The maximum Gasteiger partial charge on any atom is 0.490 e. The Morgan fingerprint density at radius 1 is 1.15 bits per heavy atom. The Bertz CT molecular complexity index is 1100. The van der Waals surface area contributed by atoms with Crippen molar-refractivity contribution in [2.24, 2.45) is 0 Å². The molecule has 0 bridgehead atoms. The number of alkyl halides is 3. The molecule has 1 N–H and O–H groups in total. The van der Waals surface area contributed by atoms with E-state index in [1.54, 1.807) is 18.4 Å². The van der Waals surface area contributed by atoms with Crippen molar-refractivity contribution in [3.63, 3.8) is 0 Å². The van der Waals surface area contributed by atoms with E-state index in [-0.39, 0.29) is 5.41 Å². The van der Waals surface area contributed by atoms with Gasteiger partial charge in [0.05, 0.1) is 11.4 Å². The van der Waals surface area contributed by atoms with Crippen molar-refractivity contribution in [2.45, 2.75) is 24.6 Å². The van der Waals surface area contributed by atoms with Gasteiger partial charge in [-0.25, -0.2) is 4.79 Å². The number of fused-ring (bicyclic) bond motifs is 2. The first-order chi connectivity index (χ1) is 15.4. The molecule has 1 unspecified atom stereocenters. The smallest absolute Gasteiger partial charge is 0.475 e. The van der Waals surface area contributed by atoms with Gasteiger partial charge in [-0.1, -0.05) is 30.3 Å². The Morgan fingerprint density at radius 2 is 1.79 bits per heavy atom. The average molecular weight is 487 g/mol. The van der Waals surface area contributed by atoms with Crippen molar-refractivity contribution < 1.29 is 31.5 Å². The van der Waals surface area contributed by atoms with E-state index >= 15 is 0 Å². The quantitative estimate of drug-likeness (QED) is 0.714. The van der Waals surface area contributed by atoms with Crippen molar-refractivity contribution >= 4 is 21.9 Å². The lowest BCUT2D eigenvalue weighted by Crippen LogP contribution is -2.42. The second-order valence-corrected chi connectivity index (χ2v) is 10.3. The molecule has 1 fully saturated rings. The van der Waals surface area contributed by atoms with Crippen LogP contribution in [0.3, 0.4) is 0 Å². The fourth-order valence-electron chi connectivity index (χ4n) is 4.12. The van der Waals surface area contributed by atoms with Crippen LogP contribution in [0.15, 0.2) is 48.7 Å². The van der Waals surface area contributed by atoms with Gasteiger partial charge in [0.2, 0.25) is 0 Å². The third-order valence-corrected chi connectivity index (χ3v) is 7.58. The van der Waals surface area contributed by atoms with Crippen LogP contribution in [0, 0.1) is 0 Å². The molecule has 8 nitrogen and oxygen atoms in total. The number of aliphatic carboxylic acids is 1. The molecule has 4 rings (SSSR count). The zero-order chi connectivity index (χ0) is 24.4. The highest BCUT2D eigenvalue weighted by Gasteiger charge is 2.51. The van der Waals surface area contributed by atoms with Crippen LogP contribution in [0.4, 0.5) is 18.9 Å². The average Bonchev–Trinajstić information content (AvgIpc) is 3.32. The number of rotatable bonds is 4. The Balaban J connectivity index is 0.000000383. The number of hydrogen-bond acceptors (Lipinski definition) is 5. The molecule has 3 heterocycles. The van der Waals surface area contributed by atoms with Gasteiger partial charge in [0, 0.05) is 51.9 Å². The van der Waals surface area contributed by atoms with Crippen molar-refractivity contribution in [3.05, 3.63) is 59.9 Å². The number of anilines is 1. The zero-order valence-electron chi connectivity index (χ0n) is 18.2. The van der Waals surface area contributed by atoms with Gasteiger partial charge < -0.3 is 10.0 Å². The summed E-state index contributed by atoms with van der Waals surface area (Å²) in [6.07, 6.45) is -2.47. The predicted molar refractivity (Wildman–Crippen MR) is 116 cm³/mol. The summed E-state index contributed by atoms with van der Waals surface area (Å²) in [7, 11) is -0.226. The number of benzene rings is 1. The minimum Gasteiger partial charge on any atom is -0.475 e. The molecule has 2 aliphatic heterocycles. The molecule has 1 aromatic heterocycles. The summed E-state index contributed by atoms with van der Waals surface area (Å²) in [5.74, 6) is -2.76. The Hall–Kier alpha value is -2.70. The minimum absolute atomic E-state index is 0.228. The number of pyridine rings is 1. The van der Waals surface area contributed by atoms with Crippen molar-refractivity contribution in [1.29, 1.82) is 0 Å². The maximum absolute atomic E-state index is 12.6. The standard InChI is InChI=1S/C19H24N4O2S.C2HF3O2/c1-21(2)26(24,25)23-12-10-19(15-23)14-22(13-16-7-4-3-5-8-16)17-9-6-11-20-18(17)19;3-2(4,5)1(6)7/h3-9,11H,10,12-15H2,1-2H3;(H,6,7). The second-order valence-electron chi connectivity index (χ2n) is 8.17. The molecule has 2 aliphatic rings. The lowest BCUT2D eigenvalue weighted by atomic mass is 9.85. The molecule has 33 heavy (non-hydrogen) atoms. The highest BCUT2D eigenvalue weighted by molar-refractivity contribution is 7.86. The van der Waals surface area contributed by atoms with Gasteiger partial charge in [-0.05, 0) is 24.1 Å². The first-order valence-electron chi connectivity index (χ1n) is 10.1. The van der Waals surface area contributed by atoms with E-state index in [0.29, 0.717) is 13.1 Å². The van der Waals surface area contributed by atoms with Crippen LogP contribution in [0.5, 0.6) is 0 Å². The number of aromatic nitrogens is 1. The van der Waals surface area contributed by atoms with Crippen molar-refractivity contribution in [3.8, 4) is 0 Å². The maximum atomic E-state index is 12.6. The summed E-state index contributed by atoms with van der Waals surface area (Å²) in [5, 5.41) is 7.12. The van der Waals surface area contributed by atoms with Gasteiger partial charge in [-0.3, -0.25) is 4.98 Å². The Labute approximate surface area is 190 Å². The van der Waals surface area contributed by atoms with Crippen molar-refractivity contribution in [2.75, 3.05) is 38.6 Å². The van der Waals surface area contributed by atoms with Crippen LogP contribution in [-0.4, -0.2) is 73.0 Å². The highest BCUT2D eigenvalue weighted by Crippen LogP contribution is 2.46. The monoisotopic (exact) mass is 486 g/mol. The Kier molecular flexibility index (Phi) is 7.01. The SMILES string of the molecule is CN(C)S(=O)(=O)N1CCC2(CN(Cc3ccccc3)c3cccnc32)C1.O=C(O)C(F)(F)F. The lowest BCUT2D eigenvalue weighted by Gasteiger charge is -2.26. The molecule has 1 saturated heterocycles. The normalized spacial score (nSPS) is 20.6. The number of carboxylic acid groups (broad SMARTS) is 1. The van der Waals surface area contributed by atoms with E-state index in [9.17, 15) is 21.6 Å². The van der Waals surface area contributed by atoms with E-state index < -0.39 is 22.4 Å². The first kappa shape index (κ1) is 24.9. The fraction of sp³-hybridized carbons (Fsp3) is 0.429. The minimum atomic E-state index is -5.08. The van der Waals surface area contributed by atoms with Crippen LogP contribution in [-0.2, 0) is 27.0 Å². The molecule has 0 amide bonds. The van der Waals surface area contributed by atoms with Gasteiger partial charge in [-0.2, -0.15) is 30.2 Å². The van der Waals surface area contributed by atoms with Crippen LogP contribution >= 0.6 is 0 Å². The number of nitrogens with zero attached hydrogens (tertiary/aromatic N) is 4. The van der Waals surface area contributed by atoms with Gasteiger partial charge in [-0.15, -0.1) is 0 Å². The summed E-state index contributed by atoms with van der Waals surface area (Å²) in [4.78, 5) is 15.9. The lowest BCUT2D eigenvalue weighted by molar-refractivity contribution is -0.192. The van der Waals surface area contributed by atoms with Crippen LogP contribution in [0.25, 0.3) is 0 Å². The number of hydrogen-bond donors (Lipinski definition) is 1. The molecule has 12 heteroatoms. The largest absolute Gasteiger partial charge is 0.490 e. The highest BCUT2D eigenvalue weighted by atomic mass is 32.2. The predicted octanol–water partition coefficient (Wildman–Crippen LogP) is 2.49. The molecule has 1 spiro atoms. The van der Waals surface area contributed by atoms with E-state index in [1.165, 1.54) is 9.87 Å². The molecular weight excluding hydrogens is 461 g/mol. The fourth-order valence-corrected chi connectivity index (χ4v) is 5.31. The Morgan fingerprint density at radius 3 is 2.36 bits per heavy atom. The third-order valence-electron chi connectivity index (χ3n) is 5.69. The third kappa shape index (κ3) is 5.28. The molecule has 0 aliphatic carbocycles. The molecule has 1 aromatic carbocycles. The first-order valence-corrected chi connectivity index (χ1v) is 11.5. The summed E-state index contributed by atoms with van der Waals surface area (Å²) in [6.45, 7) is 2.63. The van der Waals surface area contributed by atoms with Crippen LogP contribution < -0.4 is 4.90 Å². The molecular formula is C21H25F3N4O4S. The number of halogens is 3. The van der Waals surface area contributed by atoms with Gasteiger partial charge >= 0.3 is 12.1 Å². The summed E-state index contributed by atoms with van der Waals surface area (Å²) in [5.41, 5.74) is 3.18. The van der Waals surface area contributed by atoms with E-state index in [4.69, 9.17) is 9.90 Å². The number of carboxylic acids is 1. The second kappa shape index (κ2) is 9.27. The molecule has 2 aromatic rings. The molecule has 1 atom stereocenters. The topological polar surface area (TPSA) is 94.1 Å². The van der Waals surface area contributed by atoms with Gasteiger partial charge in [0.15, 0.2) is 0 Å². The molecule has 0 radical (unpaired) electrons. The number of carbonyl (C=O) groups is 1. The summed E-state index contributed by atoms with van der Waals surface area (Å²) in [6, 6.07) is 14.4. The molecule has 0 saturated carbocycles. The zero-order valence-corrected chi connectivity index (χ0v) is 19.0. The van der Waals surface area contributed by atoms with Gasteiger partial charge in [0.25, 0.3) is 10.2 Å². The van der Waals surface area contributed by atoms with E-state index in [0.717, 1.165) is 30.9 Å². The summed E-state index contributed by atoms with van der Waals surface area (Å²) >= 11 is 0. The van der Waals surface area contributed by atoms with Crippen molar-refractivity contribution in [1.82, 2.24) is 13.6 Å². The van der Waals surface area contributed by atoms with Crippen LogP contribution in [0.1, 0.15) is 17.7 Å². The van der Waals surface area contributed by atoms with E-state index in [2.05, 4.69) is 28.1 Å². The summed E-state index contributed by atoms with van der Waals surface area (Å²) < 4.78 is 59.8. The van der Waals surface area contributed by atoms with Gasteiger partial charge in [0.1, 0.15) is 0 Å².